The van der Waals surface area contributed by atoms with Gasteiger partial charge in [-0.15, -0.1) is 11.3 Å². The first-order valence-electron chi connectivity index (χ1n) is 8.23. The van der Waals surface area contributed by atoms with Gasteiger partial charge in [-0.3, -0.25) is 4.72 Å². The minimum atomic E-state index is -4.09. The SMILES string of the molecule is CCc1ccc(S(=O)(=O)Nc2ccc(F)c(S(=O)(=O)N3CCOCC3)c2)s1. The van der Waals surface area contributed by atoms with Crippen molar-refractivity contribution in [3.05, 3.63) is 41.0 Å². The number of aryl methyl sites for hydroxylation is 1. The number of rotatable bonds is 6. The molecule has 7 nitrogen and oxygen atoms in total. The van der Waals surface area contributed by atoms with Crippen LogP contribution in [0.15, 0.2) is 39.4 Å². The van der Waals surface area contributed by atoms with Crippen LogP contribution in [0.25, 0.3) is 0 Å². The number of benzene rings is 1. The molecule has 0 spiro atoms. The standard InChI is InChI=1S/C16H19FN2O5S3/c1-2-13-4-6-16(25-13)26(20,21)18-12-3-5-14(17)15(11-12)27(22,23)19-7-9-24-10-8-19/h3-6,11,18H,2,7-10H2,1H3. The van der Waals surface area contributed by atoms with Crippen molar-refractivity contribution in [2.24, 2.45) is 0 Å². The van der Waals surface area contributed by atoms with Crippen LogP contribution in [0.1, 0.15) is 11.8 Å². The van der Waals surface area contributed by atoms with E-state index in [0.717, 1.165) is 32.7 Å². The lowest BCUT2D eigenvalue weighted by atomic mass is 10.3. The first kappa shape index (κ1) is 20.2. The Morgan fingerprint density at radius 1 is 1.15 bits per heavy atom. The summed E-state index contributed by atoms with van der Waals surface area (Å²) in [7, 11) is -7.97. The van der Waals surface area contributed by atoms with Gasteiger partial charge in [0, 0.05) is 18.0 Å². The molecule has 1 aromatic heterocycles. The molecule has 0 atom stereocenters. The molecular formula is C16H19FN2O5S3. The number of ether oxygens (including phenoxy) is 1. The van der Waals surface area contributed by atoms with Crippen molar-refractivity contribution >= 4 is 37.1 Å². The largest absolute Gasteiger partial charge is 0.379 e. The van der Waals surface area contributed by atoms with Crippen LogP contribution in [0, 0.1) is 5.82 Å². The van der Waals surface area contributed by atoms with Crippen LogP contribution in [0.5, 0.6) is 0 Å². The third-order valence-electron chi connectivity index (χ3n) is 4.02. The average Bonchev–Trinajstić information content (AvgIpc) is 3.14. The third-order valence-corrected chi connectivity index (χ3v) is 9.04. The zero-order valence-corrected chi connectivity index (χ0v) is 17.0. The van der Waals surface area contributed by atoms with E-state index in [4.69, 9.17) is 4.74 Å². The molecule has 1 aliphatic rings. The summed E-state index contributed by atoms with van der Waals surface area (Å²) >= 11 is 1.13. The Bertz CT molecular complexity index is 1030. The molecule has 1 aliphatic heterocycles. The summed E-state index contributed by atoms with van der Waals surface area (Å²) in [4.78, 5) is 0.343. The van der Waals surface area contributed by atoms with Crippen LogP contribution < -0.4 is 4.72 Å². The van der Waals surface area contributed by atoms with Crippen molar-refractivity contribution in [1.82, 2.24) is 4.31 Å². The van der Waals surface area contributed by atoms with E-state index in [9.17, 15) is 21.2 Å². The van der Waals surface area contributed by atoms with E-state index in [0.29, 0.717) is 6.42 Å². The lowest BCUT2D eigenvalue weighted by molar-refractivity contribution is 0.0729. The molecule has 0 radical (unpaired) electrons. The van der Waals surface area contributed by atoms with Gasteiger partial charge in [0.1, 0.15) is 14.9 Å². The molecule has 3 rings (SSSR count). The minimum Gasteiger partial charge on any atom is -0.379 e. The summed E-state index contributed by atoms with van der Waals surface area (Å²) < 4.78 is 73.3. The Labute approximate surface area is 161 Å². The normalized spacial score (nSPS) is 16.4. The molecule has 1 N–H and O–H groups in total. The first-order valence-corrected chi connectivity index (χ1v) is 12.0. The maximum absolute atomic E-state index is 14.2. The highest BCUT2D eigenvalue weighted by Crippen LogP contribution is 2.27. The highest BCUT2D eigenvalue weighted by atomic mass is 32.2. The van der Waals surface area contributed by atoms with E-state index in [-0.39, 0.29) is 36.2 Å². The fourth-order valence-corrected chi connectivity index (χ4v) is 6.43. The van der Waals surface area contributed by atoms with Crippen LogP contribution in [0.3, 0.4) is 0 Å². The molecule has 0 bridgehead atoms. The number of nitrogens with one attached hydrogen (secondary N) is 1. The zero-order chi connectivity index (χ0) is 19.7. The van der Waals surface area contributed by atoms with Crippen LogP contribution in [-0.2, 0) is 31.2 Å². The highest BCUT2D eigenvalue weighted by molar-refractivity contribution is 7.94. The predicted molar refractivity (Wildman–Crippen MR) is 100 cm³/mol. The summed E-state index contributed by atoms with van der Waals surface area (Å²) in [5.74, 6) is -0.936. The van der Waals surface area contributed by atoms with Gasteiger partial charge in [0.25, 0.3) is 10.0 Å². The number of nitrogens with zero attached hydrogens (tertiary/aromatic N) is 1. The van der Waals surface area contributed by atoms with Gasteiger partial charge < -0.3 is 4.74 Å². The number of hydrogen-bond acceptors (Lipinski definition) is 6. The van der Waals surface area contributed by atoms with E-state index in [2.05, 4.69) is 4.72 Å². The fraction of sp³-hybridized carbons (Fsp3) is 0.375. The molecule has 0 aliphatic carbocycles. The van der Waals surface area contributed by atoms with E-state index >= 15 is 0 Å². The van der Waals surface area contributed by atoms with E-state index in [1.807, 2.05) is 6.92 Å². The van der Waals surface area contributed by atoms with Crippen molar-refractivity contribution in [3.8, 4) is 0 Å². The Balaban J connectivity index is 1.91. The molecule has 27 heavy (non-hydrogen) atoms. The molecule has 1 fully saturated rings. The Kier molecular flexibility index (Phi) is 5.87. The summed E-state index contributed by atoms with van der Waals surface area (Å²) in [5, 5.41) is 0. The molecule has 2 heterocycles. The van der Waals surface area contributed by atoms with Crippen LogP contribution >= 0.6 is 11.3 Å². The van der Waals surface area contributed by atoms with Crippen molar-refractivity contribution in [2.45, 2.75) is 22.4 Å². The van der Waals surface area contributed by atoms with Gasteiger partial charge in [0.05, 0.1) is 18.9 Å². The van der Waals surface area contributed by atoms with Gasteiger partial charge in [-0.2, -0.15) is 4.31 Å². The van der Waals surface area contributed by atoms with Crippen molar-refractivity contribution < 1.29 is 26.0 Å². The monoisotopic (exact) mass is 434 g/mol. The lowest BCUT2D eigenvalue weighted by Gasteiger charge is -2.26. The topological polar surface area (TPSA) is 92.8 Å². The second-order valence-electron chi connectivity index (χ2n) is 5.84. The van der Waals surface area contributed by atoms with E-state index in [1.165, 1.54) is 12.1 Å². The van der Waals surface area contributed by atoms with Gasteiger partial charge in [-0.1, -0.05) is 6.92 Å². The maximum Gasteiger partial charge on any atom is 0.271 e. The Morgan fingerprint density at radius 3 is 2.48 bits per heavy atom. The Morgan fingerprint density at radius 2 is 1.85 bits per heavy atom. The summed E-state index contributed by atoms with van der Waals surface area (Å²) in [6, 6.07) is 6.35. The highest BCUT2D eigenvalue weighted by Gasteiger charge is 2.29. The summed E-state index contributed by atoms with van der Waals surface area (Å²) in [6.07, 6.45) is 0.707. The molecule has 2 aromatic rings. The second-order valence-corrected chi connectivity index (χ2v) is 10.8. The van der Waals surface area contributed by atoms with Gasteiger partial charge in [-0.25, -0.2) is 21.2 Å². The van der Waals surface area contributed by atoms with Crippen molar-refractivity contribution in [1.29, 1.82) is 0 Å². The second kappa shape index (κ2) is 7.84. The van der Waals surface area contributed by atoms with Gasteiger partial charge >= 0.3 is 0 Å². The number of hydrogen-bond donors (Lipinski definition) is 1. The van der Waals surface area contributed by atoms with Gasteiger partial charge in [-0.05, 0) is 36.8 Å². The summed E-state index contributed by atoms with van der Waals surface area (Å²) in [6.45, 7) is 2.61. The van der Waals surface area contributed by atoms with Crippen molar-refractivity contribution in [2.75, 3.05) is 31.0 Å². The molecule has 0 unspecified atom stereocenters. The molecule has 0 amide bonds. The molecule has 1 saturated heterocycles. The van der Waals surface area contributed by atoms with Gasteiger partial charge in [0.15, 0.2) is 0 Å². The maximum atomic E-state index is 14.2. The van der Waals surface area contributed by atoms with Crippen LogP contribution in [0.2, 0.25) is 0 Å². The zero-order valence-electron chi connectivity index (χ0n) is 14.5. The summed E-state index contributed by atoms with van der Waals surface area (Å²) in [5.41, 5.74) is -0.0188. The number of halogens is 1. The number of sulfonamides is 2. The van der Waals surface area contributed by atoms with Gasteiger partial charge in [0.2, 0.25) is 10.0 Å². The quantitative estimate of drug-likeness (QED) is 0.753. The number of anilines is 1. The molecule has 1 aromatic carbocycles. The third kappa shape index (κ3) is 4.32. The van der Waals surface area contributed by atoms with E-state index in [1.54, 1.807) is 6.07 Å². The smallest absolute Gasteiger partial charge is 0.271 e. The van der Waals surface area contributed by atoms with Crippen LogP contribution in [0.4, 0.5) is 10.1 Å². The molecular weight excluding hydrogens is 415 g/mol. The number of morpholine rings is 1. The average molecular weight is 435 g/mol. The first-order chi connectivity index (χ1) is 12.7. The lowest BCUT2D eigenvalue weighted by Crippen LogP contribution is -2.40. The number of thiophene rings is 1. The molecule has 11 heteroatoms. The van der Waals surface area contributed by atoms with Crippen LogP contribution in [-0.4, -0.2) is 47.4 Å². The fourth-order valence-electron chi connectivity index (χ4n) is 2.59. The van der Waals surface area contributed by atoms with E-state index < -0.39 is 30.8 Å². The van der Waals surface area contributed by atoms with Crippen molar-refractivity contribution in [3.63, 3.8) is 0 Å². The predicted octanol–water partition coefficient (Wildman–Crippen LogP) is 2.27. The molecule has 0 saturated carbocycles. The molecule has 148 valence electrons. The Hall–Kier alpha value is -1.53. The minimum absolute atomic E-state index is 0.0188.